The lowest BCUT2D eigenvalue weighted by atomic mass is 10.2. The summed E-state index contributed by atoms with van der Waals surface area (Å²) in [6, 6.07) is 7.81. The summed E-state index contributed by atoms with van der Waals surface area (Å²) in [5, 5.41) is 17.1. The fourth-order valence-corrected chi connectivity index (χ4v) is 5.94. The van der Waals surface area contributed by atoms with Crippen LogP contribution in [0.4, 0.5) is 19.0 Å². The van der Waals surface area contributed by atoms with Gasteiger partial charge < -0.3 is 14.8 Å². The highest BCUT2D eigenvalue weighted by Gasteiger charge is 2.34. The average Bonchev–Trinajstić information content (AvgIpc) is 3.58. The summed E-state index contributed by atoms with van der Waals surface area (Å²) in [5.41, 5.74) is 0.213. The summed E-state index contributed by atoms with van der Waals surface area (Å²) in [5.74, 6) is -0.176. The molecule has 4 aromatic rings. The smallest absolute Gasteiger partial charge is 0.353 e. The van der Waals surface area contributed by atoms with Crippen molar-refractivity contribution in [1.82, 2.24) is 30.3 Å². The number of aromatic nitrogens is 5. The van der Waals surface area contributed by atoms with Crippen LogP contribution in [-0.4, -0.2) is 58.4 Å². The van der Waals surface area contributed by atoms with Crippen LogP contribution in [0.1, 0.15) is 28.3 Å². The second kappa shape index (κ2) is 8.87. The van der Waals surface area contributed by atoms with Crippen LogP contribution in [0, 0.1) is 6.92 Å². The maximum atomic E-state index is 13.4. The number of benzene rings is 1. The number of amides is 1. The first-order valence-corrected chi connectivity index (χ1v) is 12.7. The molecular weight excluding hydrogens is 511 g/mol. The van der Waals surface area contributed by atoms with Gasteiger partial charge in [0, 0.05) is 37.3 Å². The van der Waals surface area contributed by atoms with Crippen LogP contribution in [0.5, 0.6) is 0 Å². The first kappa shape index (κ1) is 24.7. The Balaban J connectivity index is 1.32. The Bertz CT molecular complexity index is 1590. The van der Waals surface area contributed by atoms with Gasteiger partial charge in [-0.1, -0.05) is 0 Å². The van der Waals surface area contributed by atoms with Crippen molar-refractivity contribution < 1.29 is 26.4 Å². The molecule has 37 heavy (non-hydrogen) atoms. The summed E-state index contributed by atoms with van der Waals surface area (Å²) in [6.45, 7) is 2.42. The van der Waals surface area contributed by atoms with Crippen molar-refractivity contribution in [2.24, 2.45) is 7.05 Å². The Hall–Kier alpha value is -3.94. The number of sulfone groups is 1. The van der Waals surface area contributed by atoms with Gasteiger partial charge in [-0.3, -0.25) is 9.89 Å². The average molecular weight is 534 g/mol. The molecule has 0 aliphatic carbocycles. The zero-order chi connectivity index (χ0) is 26.5. The van der Waals surface area contributed by atoms with E-state index in [1.807, 2.05) is 0 Å². The molecule has 1 aliphatic rings. The number of halogens is 3. The van der Waals surface area contributed by atoms with E-state index in [2.05, 4.69) is 25.7 Å². The highest BCUT2D eigenvalue weighted by Crippen LogP contribution is 2.30. The molecule has 10 nitrogen and oxygen atoms in total. The molecule has 0 saturated carbocycles. The lowest BCUT2D eigenvalue weighted by Gasteiger charge is -2.18. The Labute approximate surface area is 209 Å². The molecule has 194 valence electrons. The summed E-state index contributed by atoms with van der Waals surface area (Å²) in [4.78, 5) is 14.9. The molecule has 1 saturated heterocycles. The summed E-state index contributed by atoms with van der Waals surface area (Å²) in [6.07, 6.45) is -2.50. The summed E-state index contributed by atoms with van der Waals surface area (Å²) < 4.78 is 66.5. The lowest BCUT2D eigenvalue weighted by Crippen LogP contribution is -2.38. The molecule has 1 fully saturated rings. The van der Waals surface area contributed by atoms with Crippen molar-refractivity contribution >= 4 is 32.5 Å². The Morgan fingerprint density at radius 2 is 1.95 bits per heavy atom. The van der Waals surface area contributed by atoms with E-state index in [-0.39, 0.29) is 27.3 Å². The van der Waals surface area contributed by atoms with Crippen LogP contribution in [-0.2, 0) is 23.1 Å². The summed E-state index contributed by atoms with van der Waals surface area (Å²) >= 11 is 0. The van der Waals surface area contributed by atoms with E-state index in [0.29, 0.717) is 36.1 Å². The predicted octanol–water partition coefficient (Wildman–Crippen LogP) is 2.86. The molecule has 0 spiro atoms. The minimum absolute atomic E-state index is 0.0241. The third kappa shape index (κ3) is 4.52. The summed E-state index contributed by atoms with van der Waals surface area (Å²) in [7, 11) is -2.29. The van der Waals surface area contributed by atoms with Gasteiger partial charge in [-0.2, -0.15) is 18.3 Å². The van der Waals surface area contributed by atoms with Crippen molar-refractivity contribution in [3.8, 4) is 0 Å². The maximum absolute atomic E-state index is 13.4. The highest BCUT2D eigenvalue weighted by atomic mass is 32.2. The number of fused-ring (bicyclic) bond motifs is 1. The van der Waals surface area contributed by atoms with E-state index in [1.165, 1.54) is 35.0 Å². The second-order valence-electron chi connectivity index (χ2n) is 8.84. The molecule has 0 radical (unpaired) electrons. The van der Waals surface area contributed by atoms with Crippen LogP contribution in [0.25, 0.3) is 10.9 Å². The number of aromatic amines is 1. The van der Waals surface area contributed by atoms with Gasteiger partial charge in [0.15, 0.2) is 11.5 Å². The predicted molar refractivity (Wildman–Crippen MR) is 127 cm³/mol. The van der Waals surface area contributed by atoms with Gasteiger partial charge in [-0.05, 0) is 49.7 Å². The van der Waals surface area contributed by atoms with E-state index >= 15 is 0 Å². The van der Waals surface area contributed by atoms with Crippen LogP contribution in [0.3, 0.4) is 0 Å². The van der Waals surface area contributed by atoms with Gasteiger partial charge in [0.25, 0.3) is 5.91 Å². The van der Waals surface area contributed by atoms with E-state index in [9.17, 15) is 26.4 Å². The van der Waals surface area contributed by atoms with Crippen LogP contribution < -0.4 is 10.2 Å². The van der Waals surface area contributed by atoms with E-state index in [0.717, 1.165) is 6.07 Å². The van der Waals surface area contributed by atoms with Gasteiger partial charge in [-0.25, -0.2) is 8.42 Å². The number of nitrogens with one attached hydrogen (secondary N) is 2. The van der Waals surface area contributed by atoms with Crippen LogP contribution >= 0.6 is 0 Å². The molecule has 4 heterocycles. The largest absolute Gasteiger partial charge is 0.435 e. The van der Waals surface area contributed by atoms with Gasteiger partial charge in [0.05, 0.1) is 21.5 Å². The topological polar surface area (TPSA) is 126 Å². The molecule has 5 rings (SSSR count). The number of anilines is 1. The number of rotatable bonds is 5. The fraction of sp³-hybridized carbons (Fsp3) is 0.304. The molecule has 0 unspecified atom stereocenters. The molecule has 2 N–H and O–H groups in total. The van der Waals surface area contributed by atoms with Gasteiger partial charge in [0.1, 0.15) is 5.69 Å². The minimum atomic E-state index is -4.57. The molecule has 3 aromatic heterocycles. The van der Waals surface area contributed by atoms with E-state index in [1.54, 1.807) is 24.9 Å². The van der Waals surface area contributed by atoms with E-state index in [4.69, 9.17) is 0 Å². The minimum Gasteiger partial charge on any atom is -0.353 e. The van der Waals surface area contributed by atoms with Crippen molar-refractivity contribution in [1.29, 1.82) is 0 Å². The maximum Gasteiger partial charge on any atom is 0.435 e. The van der Waals surface area contributed by atoms with Crippen molar-refractivity contribution in [2.45, 2.75) is 35.4 Å². The molecular formula is C23H22F3N7O3S. The van der Waals surface area contributed by atoms with Crippen molar-refractivity contribution in [3.63, 3.8) is 0 Å². The third-order valence-electron chi connectivity index (χ3n) is 6.52. The van der Waals surface area contributed by atoms with Gasteiger partial charge in [0.2, 0.25) is 9.84 Å². The van der Waals surface area contributed by atoms with Gasteiger partial charge >= 0.3 is 6.18 Å². The number of alkyl halides is 3. The zero-order valence-corrected chi connectivity index (χ0v) is 20.6. The number of H-pyrrole nitrogens is 1. The molecule has 1 aromatic carbocycles. The number of hydrogen-bond acceptors (Lipinski definition) is 7. The number of nitrogens with zero attached hydrogens (tertiary/aromatic N) is 5. The number of carbonyl (C=O) groups excluding carboxylic acids is 1. The number of hydrogen-bond donors (Lipinski definition) is 2. The molecule has 0 bridgehead atoms. The van der Waals surface area contributed by atoms with Crippen LogP contribution in [0.2, 0.25) is 0 Å². The number of carbonyl (C=O) groups is 1. The van der Waals surface area contributed by atoms with Crippen molar-refractivity contribution in [2.75, 3.05) is 18.0 Å². The quantitative estimate of drug-likeness (QED) is 0.404. The zero-order valence-electron chi connectivity index (χ0n) is 19.7. The first-order chi connectivity index (χ1) is 17.4. The SMILES string of the molecule is Cc1c(S(=O)(=O)c2ccc3[nH]ncc3c2)cc(C(=O)N[C@@H]2CCN(c3ccc(C(F)(F)F)nn3)C2)n1C. The Morgan fingerprint density at radius 3 is 2.65 bits per heavy atom. The lowest BCUT2D eigenvalue weighted by molar-refractivity contribution is -0.141. The Morgan fingerprint density at radius 1 is 1.16 bits per heavy atom. The van der Waals surface area contributed by atoms with Gasteiger partial charge in [-0.15, -0.1) is 10.2 Å². The first-order valence-electron chi connectivity index (χ1n) is 11.3. The third-order valence-corrected chi connectivity index (χ3v) is 8.39. The van der Waals surface area contributed by atoms with E-state index < -0.39 is 27.6 Å². The Kier molecular flexibility index (Phi) is 5.93. The molecule has 14 heteroatoms. The van der Waals surface area contributed by atoms with Crippen molar-refractivity contribution in [3.05, 3.63) is 59.7 Å². The normalized spacial score (nSPS) is 16.5. The van der Waals surface area contributed by atoms with Crippen LogP contribution in [0.15, 0.2) is 52.4 Å². The molecule has 1 atom stereocenters. The molecule has 1 amide bonds. The fourth-order valence-electron chi connectivity index (χ4n) is 4.37. The second-order valence-corrected chi connectivity index (χ2v) is 10.8. The standard InChI is InChI=1S/C23H22F3N7O3S/c1-13-19(37(35,36)16-3-4-17-14(9-16)11-27-29-17)10-18(32(13)2)22(34)28-15-7-8-33(12-15)21-6-5-20(30-31-21)23(24,25)26/h3-6,9-11,15H,7-8,12H2,1-2H3,(H,27,29)(H,28,34)/t15-/m1/s1. The molecule has 1 aliphatic heterocycles. The monoisotopic (exact) mass is 533 g/mol. The highest BCUT2D eigenvalue weighted by molar-refractivity contribution is 7.91.